The summed E-state index contributed by atoms with van der Waals surface area (Å²) in [5, 5.41) is 12.6. The molecule has 0 aliphatic rings. The normalized spacial score (nSPS) is 11.9. The number of nitrogens with one attached hydrogen (secondary N) is 1. The van der Waals surface area contributed by atoms with Crippen molar-refractivity contribution in [1.29, 1.82) is 0 Å². The van der Waals surface area contributed by atoms with Crippen LogP contribution in [0.5, 0.6) is 0 Å². The Morgan fingerprint density at radius 2 is 1.19 bits per heavy atom. The molecule has 3 aromatic rings. The molecular formula is C27H27NO3. The first kappa shape index (κ1) is 22.0. The number of carboxylic acid groups (broad SMARTS) is 1. The Hall–Kier alpha value is -3.66. The van der Waals surface area contributed by atoms with Crippen molar-refractivity contribution in [3.8, 4) is 0 Å². The second kappa shape index (κ2) is 9.90. The third kappa shape index (κ3) is 4.75. The van der Waals surface area contributed by atoms with Gasteiger partial charge in [-0.2, -0.15) is 0 Å². The summed E-state index contributed by atoms with van der Waals surface area (Å²) in [6, 6.07) is 27.5. The second-order valence-corrected chi connectivity index (χ2v) is 7.73. The van der Waals surface area contributed by atoms with E-state index >= 15 is 0 Å². The Balaban J connectivity index is 2.21. The molecule has 0 fully saturated rings. The molecule has 3 rings (SSSR count). The van der Waals surface area contributed by atoms with Crippen molar-refractivity contribution in [2.24, 2.45) is 0 Å². The quantitative estimate of drug-likeness (QED) is 0.406. The highest BCUT2D eigenvalue weighted by molar-refractivity contribution is 5.98. The first-order valence-corrected chi connectivity index (χ1v) is 10.3. The lowest BCUT2D eigenvalue weighted by atomic mass is 9.68. The van der Waals surface area contributed by atoms with E-state index in [-0.39, 0.29) is 12.3 Å². The van der Waals surface area contributed by atoms with Gasteiger partial charge in [0.2, 0.25) is 5.91 Å². The van der Waals surface area contributed by atoms with Gasteiger partial charge in [-0.25, -0.2) is 4.79 Å². The molecule has 0 unspecified atom stereocenters. The van der Waals surface area contributed by atoms with Gasteiger partial charge in [0.15, 0.2) is 0 Å². The van der Waals surface area contributed by atoms with Crippen LogP contribution in [-0.4, -0.2) is 23.0 Å². The van der Waals surface area contributed by atoms with Crippen LogP contribution in [0.15, 0.2) is 103 Å². The first-order chi connectivity index (χ1) is 15.0. The fraction of sp³-hybridized carbons (Fsp3) is 0.185. The number of benzene rings is 3. The summed E-state index contributed by atoms with van der Waals surface area (Å²) in [4.78, 5) is 26.0. The molecule has 0 aromatic heterocycles. The number of hydrogen-bond donors (Lipinski definition) is 2. The number of carbonyl (C=O) groups is 2. The van der Waals surface area contributed by atoms with Gasteiger partial charge in [-0.3, -0.25) is 4.79 Å². The zero-order chi connectivity index (χ0) is 22.3. The van der Waals surface area contributed by atoms with Gasteiger partial charge in [0.25, 0.3) is 0 Å². The van der Waals surface area contributed by atoms with Crippen LogP contribution in [0.1, 0.15) is 37.0 Å². The van der Waals surface area contributed by atoms with Crippen molar-refractivity contribution in [1.82, 2.24) is 5.32 Å². The number of rotatable bonds is 8. The van der Waals surface area contributed by atoms with Crippen molar-refractivity contribution in [3.63, 3.8) is 0 Å². The molecule has 4 heteroatoms. The third-order valence-corrected chi connectivity index (χ3v) is 5.33. The second-order valence-electron chi connectivity index (χ2n) is 7.73. The van der Waals surface area contributed by atoms with Crippen LogP contribution >= 0.6 is 0 Å². The molecule has 0 bridgehead atoms. The molecule has 0 saturated heterocycles. The Labute approximate surface area is 183 Å². The van der Waals surface area contributed by atoms with Gasteiger partial charge in [-0.15, -0.1) is 0 Å². The minimum atomic E-state index is -1.19. The van der Waals surface area contributed by atoms with Crippen molar-refractivity contribution in [2.45, 2.75) is 31.7 Å². The number of carboxylic acids is 1. The van der Waals surface area contributed by atoms with Crippen LogP contribution < -0.4 is 5.32 Å². The van der Waals surface area contributed by atoms with E-state index < -0.39 is 17.4 Å². The Morgan fingerprint density at radius 3 is 1.52 bits per heavy atom. The smallest absolute Gasteiger partial charge is 0.326 e. The average molecular weight is 414 g/mol. The van der Waals surface area contributed by atoms with Crippen molar-refractivity contribution < 1.29 is 14.7 Å². The zero-order valence-electron chi connectivity index (χ0n) is 17.8. The highest BCUT2D eigenvalue weighted by atomic mass is 16.4. The van der Waals surface area contributed by atoms with E-state index in [9.17, 15) is 14.7 Å². The van der Waals surface area contributed by atoms with Crippen molar-refractivity contribution >= 4 is 11.9 Å². The van der Waals surface area contributed by atoms with E-state index in [0.717, 1.165) is 22.3 Å². The van der Waals surface area contributed by atoms with Crippen LogP contribution in [-0.2, 0) is 15.0 Å². The summed E-state index contributed by atoms with van der Waals surface area (Å²) in [6.07, 6.45) is 2.05. The molecule has 0 saturated carbocycles. The lowest BCUT2D eigenvalue weighted by Gasteiger charge is -2.35. The Morgan fingerprint density at radius 1 is 0.806 bits per heavy atom. The van der Waals surface area contributed by atoms with Crippen LogP contribution in [0.3, 0.4) is 0 Å². The zero-order valence-corrected chi connectivity index (χ0v) is 17.8. The van der Waals surface area contributed by atoms with Gasteiger partial charge in [-0.05, 0) is 37.0 Å². The number of amides is 1. The molecule has 3 aromatic carbocycles. The lowest BCUT2D eigenvalue weighted by Crippen LogP contribution is -2.51. The van der Waals surface area contributed by atoms with Crippen LogP contribution in [0.2, 0.25) is 0 Å². The lowest BCUT2D eigenvalue weighted by molar-refractivity contribution is -0.142. The highest BCUT2D eigenvalue weighted by Gasteiger charge is 2.44. The molecule has 2 N–H and O–H groups in total. The molecule has 158 valence electrons. The molecule has 31 heavy (non-hydrogen) atoms. The molecule has 0 aliphatic carbocycles. The predicted molar refractivity (Wildman–Crippen MR) is 123 cm³/mol. The van der Waals surface area contributed by atoms with Gasteiger partial charge in [-0.1, -0.05) is 103 Å². The largest absolute Gasteiger partial charge is 0.480 e. The van der Waals surface area contributed by atoms with E-state index in [1.807, 2.05) is 111 Å². The van der Waals surface area contributed by atoms with Gasteiger partial charge in [0, 0.05) is 0 Å². The molecule has 4 nitrogen and oxygen atoms in total. The van der Waals surface area contributed by atoms with E-state index in [2.05, 4.69) is 5.32 Å². The summed E-state index contributed by atoms with van der Waals surface area (Å²) < 4.78 is 0. The highest BCUT2D eigenvalue weighted by Crippen LogP contribution is 2.39. The number of hydrogen-bond acceptors (Lipinski definition) is 2. The SMILES string of the molecule is CC(C)=CC[C@H](NC(=O)C(c1ccccc1)(c1ccccc1)c1ccccc1)C(=O)O. The third-order valence-electron chi connectivity index (χ3n) is 5.33. The minimum Gasteiger partial charge on any atom is -0.480 e. The molecule has 0 spiro atoms. The summed E-state index contributed by atoms with van der Waals surface area (Å²) in [5.74, 6) is -1.43. The number of aliphatic carboxylic acids is 1. The number of carbonyl (C=O) groups excluding carboxylic acids is 1. The summed E-state index contributed by atoms with van der Waals surface area (Å²) in [5.41, 5.74) is 2.13. The van der Waals surface area contributed by atoms with E-state index in [1.54, 1.807) is 0 Å². The molecule has 1 amide bonds. The molecular weight excluding hydrogens is 386 g/mol. The van der Waals surface area contributed by atoms with E-state index in [1.165, 1.54) is 0 Å². The molecule has 0 heterocycles. The van der Waals surface area contributed by atoms with Gasteiger partial charge in [0.1, 0.15) is 11.5 Å². The van der Waals surface area contributed by atoms with E-state index in [4.69, 9.17) is 0 Å². The van der Waals surface area contributed by atoms with Crippen LogP contribution in [0.4, 0.5) is 0 Å². The van der Waals surface area contributed by atoms with Crippen LogP contribution in [0.25, 0.3) is 0 Å². The summed E-state index contributed by atoms with van der Waals surface area (Å²) in [6.45, 7) is 3.81. The first-order valence-electron chi connectivity index (χ1n) is 10.3. The topological polar surface area (TPSA) is 66.4 Å². The molecule has 0 aliphatic heterocycles. The predicted octanol–water partition coefficient (Wildman–Crippen LogP) is 4.95. The maximum absolute atomic E-state index is 14.0. The van der Waals surface area contributed by atoms with Crippen LogP contribution in [0, 0.1) is 0 Å². The van der Waals surface area contributed by atoms with Crippen molar-refractivity contribution in [3.05, 3.63) is 119 Å². The van der Waals surface area contributed by atoms with E-state index in [0.29, 0.717) is 0 Å². The molecule has 0 radical (unpaired) electrons. The Bertz CT molecular complexity index is 943. The monoisotopic (exact) mass is 413 g/mol. The standard InChI is InChI=1S/C27H27NO3/c1-20(2)18-19-24(25(29)30)28-26(31)27(21-12-6-3-7-13-21,22-14-8-4-9-15-22)23-16-10-5-11-17-23/h3-18,24H,19H2,1-2H3,(H,28,31)(H,29,30)/t24-/m0/s1. The van der Waals surface area contributed by atoms with Gasteiger partial charge < -0.3 is 10.4 Å². The fourth-order valence-electron chi connectivity index (χ4n) is 3.80. The maximum Gasteiger partial charge on any atom is 0.326 e. The number of allylic oxidation sites excluding steroid dienone is 1. The average Bonchev–Trinajstić information content (AvgIpc) is 2.79. The van der Waals surface area contributed by atoms with Gasteiger partial charge in [0.05, 0.1) is 0 Å². The summed E-state index contributed by atoms with van der Waals surface area (Å²) >= 11 is 0. The Kier molecular flexibility index (Phi) is 7.03. The van der Waals surface area contributed by atoms with Gasteiger partial charge >= 0.3 is 5.97 Å². The van der Waals surface area contributed by atoms with Crippen molar-refractivity contribution in [2.75, 3.05) is 0 Å². The minimum absolute atomic E-state index is 0.220. The maximum atomic E-state index is 14.0. The summed E-state index contributed by atoms with van der Waals surface area (Å²) in [7, 11) is 0. The molecule has 1 atom stereocenters. The fourth-order valence-corrected chi connectivity index (χ4v) is 3.80.